The van der Waals surface area contributed by atoms with Crippen LogP contribution in [0, 0.1) is 0 Å². The van der Waals surface area contributed by atoms with E-state index in [4.69, 9.17) is 4.74 Å². The van der Waals surface area contributed by atoms with E-state index in [9.17, 15) is 10.2 Å². The van der Waals surface area contributed by atoms with Gasteiger partial charge in [0.05, 0.1) is 24.3 Å². The van der Waals surface area contributed by atoms with Crippen LogP contribution in [0.2, 0.25) is 0 Å². The molecule has 6 heteroatoms. The number of nitrogens with one attached hydrogen (secondary N) is 1. The fourth-order valence-electron chi connectivity index (χ4n) is 1.88. The Labute approximate surface area is 108 Å². The van der Waals surface area contributed by atoms with Crippen LogP contribution >= 0.6 is 0 Å². The van der Waals surface area contributed by atoms with Crippen molar-refractivity contribution in [2.75, 3.05) is 7.11 Å². The molecule has 3 N–H and O–H groups in total. The van der Waals surface area contributed by atoms with Gasteiger partial charge in [-0.3, -0.25) is 4.98 Å². The molecule has 0 unspecified atom stereocenters. The van der Waals surface area contributed by atoms with Crippen molar-refractivity contribution >= 4 is 11.0 Å². The van der Waals surface area contributed by atoms with Crippen molar-refractivity contribution in [1.29, 1.82) is 0 Å². The van der Waals surface area contributed by atoms with Gasteiger partial charge < -0.3 is 19.9 Å². The molecule has 19 heavy (non-hydrogen) atoms. The molecule has 3 rings (SSSR count). The summed E-state index contributed by atoms with van der Waals surface area (Å²) in [6, 6.07) is 4.80. The third kappa shape index (κ3) is 1.83. The molecule has 2 heterocycles. The van der Waals surface area contributed by atoms with Crippen LogP contribution in [0.3, 0.4) is 0 Å². The lowest BCUT2D eigenvalue weighted by Crippen LogP contribution is -1.87. The van der Waals surface area contributed by atoms with Crippen LogP contribution in [0.1, 0.15) is 0 Å². The van der Waals surface area contributed by atoms with E-state index in [0.717, 1.165) is 11.0 Å². The summed E-state index contributed by atoms with van der Waals surface area (Å²) in [7, 11) is 1.42. The zero-order chi connectivity index (χ0) is 13.4. The maximum Gasteiger partial charge on any atom is 0.200 e. The second-order valence-electron chi connectivity index (χ2n) is 4.02. The van der Waals surface area contributed by atoms with Crippen LogP contribution < -0.4 is 4.74 Å². The molecular weight excluding hydrogens is 246 g/mol. The lowest BCUT2D eigenvalue weighted by Gasteiger charge is -2.07. The molecule has 96 valence electrons. The molecule has 1 aromatic carbocycles. The van der Waals surface area contributed by atoms with Crippen molar-refractivity contribution in [3.05, 3.63) is 30.6 Å². The molecule has 0 bridgehead atoms. The minimum Gasteiger partial charge on any atom is -0.504 e. The number of fused-ring (bicyclic) bond motifs is 1. The van der Waals surface area contributed by atoms with E-state index in [2.05, 4.69) is 15.0 Å². The smallest absolute Gasteiger partial charge is 0.200 e. The van der Waals surface area contributed by atoms with E-state index in [0.29, 0.717) is 11.4 Å². The molecule has 6 nitrogen and oxygen atoms in total. The summed E-state index contributed by atoms with van der Waals surface area (Å²) in [6.07, 6.45) is 3.32. The Bertz CT molecular complexity index is 719. The molecule has 0 amide bonds. The summed E-state index contributed by atoms with van der Waals surface area (Å²) < 4.78 is 5.00. The van der Waals surface area contributed by atoms with Gasteiger partial charge in [0.1, 0.15) is 5.82 Å². The summed E-state index contributed by atoms with van der Waals surface area (Å²) >= 11 is 0. The average Bonchev–Trinajstić information content (AvgIpc) is 2.85. The molecule has 0 aliphatic rings. The quantitative estimate of drug-likeness (QED) is 0.611. The number of pyridine rings is 1. The van der Waals surface area contributed by atoms with E-state index < -0.39 is 0 Å². The Morgan fingerprint density at radius 1 is 1.26 bits per heavy atom. The number of aromatic nitrogens is 3. The lowest BCUT2D eigenvalue weighted by atomic mass is 10.1. The van der Waals surface area contributed by atoms with Gasteiger partial charge in [0, 0.05) is 11.8 Å². The van der Waals surface area contributed by atoms with Crippen molar-refractivity contribution in [2.45, 2.75) is 0 Å². The summed E-state index contributed by atoms with van der Waals surface area (Å²) in [5.41, 5.74) is 2.18. The number of phenolic OH excluding ortho intramolecular Hbond substituents is 2. The molecule has 0 aliphatic heterocycles. The number of hydrogen-bond acceptors (Lipinski definition) is 5. The molecule has 0 radical (unpaired) electrons. The van der Waals surface area contributed by atoms with E-state index in [1.54, 1.807) is 24.5 Å². The molecule has 2 aromatic heterocycles. The topological polar surface area (TPSA) is 91.3 Å². The van der Waals surface area contributed by atoms with Crippen molar-refractivity contribution in [3.8, 4) is 28.6 Å². The minimum absolute atomic E-state index is 0.189. The molecule has 0 atom stereocenters. The van der Waals surface area contributed by atoms with Gasteiger partial charge in [-0.25, -0.2) is 4.98 Å². The highest BCUT2D eigenvalue weighted by Crippen LogP contribution is 2.39. The SMILES string of the molecule is COc1cc(-c2nc3ccncc3[nH]2)cc(O)c1O. The maximum absolute atomic E-state index is 9.66. The lowest BCUT2D eigenvalue weighted by molar-refractivity contribution is 0.351. The Balaban J connectivity index is 2.18. The minimum atomic E-state index is -0.288. The third-order valence-electron chi connectivity index (χ3n) is 2.83. The average molecular weight is 257 g/mol. The number of imidazole rings is 1. The van der Waals surface area contributed by atoms with Crippen LogP contribution in [0.4, 0.5) is 0 Å². The molecule has 0 fully saturated rings. The number of aromatic hydroxyl groups is 2. The number of methoxy groups -OCH3 is 1. The van der Waals surface area contributed by atoms with Crippen LogP contribution in [-0.2, 0) is 0 Å². The third-order valence-corrected chi connectivity index (χ3v) is 2.83. The number of benzene rings is 1. The first kappa shape index (κ1) is 11.3. The number of phenols is 2. The first-order valence-electron chi connectivity index (χ1n) is 5.59. The summed E-state index contributed by atoms with van der Waals surface area (Å²) in [6.45, 7) is 0. The van der Waals surface area contributed by atoms with Gasteiger partial charge in [0.25, 0.3) is 0 Å². The Hall–Kier alpha value is -2.76. The normalized spacial score (nSPS) is 10.8. The molecule has 3 aromatic rings. The zero-order valence-electron chi connectivity index (χ0n) is 10.1. The van der Waals surface area contributed by atoms with Gasteiger partial charge in [-0.05, 0) is 18.2 Å². The van der Waals surface area contributed by atoms with E-state index in [1.165, 1.54) is 13.2 Å². The highest BCUT2D eigenvalue weighted by molar-refractivity contribution is 5.79. The Kier molecular flexibility index (Phi) is 2.49. The molecule has 0 spiro atoms. The van der Waals surface area contributed by atoms with Gasteiger partial charge in [0.15, 0.2) is 11.5 Å². The standard InChI is InChI=1S/C13H11N3O3/c1-19-11-5-7(4-10(17)12(11)18)13-15-8-2-3-14-6-9(8)16-13/h2-6,17-18H,1H3,(H,15,16). The predicted molar refractivity (Wildman–Crippen MR) is 69.2 cm³/mol. The molecule has 0 saturated heterocycles. The van der Waals surface area contributed by atoms with E-state index >= 15 is 0 Å². The van der Waals surface area contributed by atoms with E-state index in [1.807, 2.05) is 0 Å². The van der Waals surface area contributed by atoms with Gasteiger partial charge in [0.2, 0.25) is 5.75 Å². The summed E-state index contributed by atoms with van der Waals surface area (Å²) in [4.78, 5) is 11.5. The largest absolute Gasteiger partial charge is 0.504 e. The number of ether oxygens (including phenoxy) is 1. The number of rotatable bonds is 2. The van der Waals surface area contributed by atoms with Crippen molar-refractivity contribution < 1.29 is 14.9 Å². The fourth-order valence-corrected chi connectivity index (χ4v) is 1.88. The zero-order valence-corrected chi connectivity index (χ0v) is 10.1. The van der Waals surface area contributed by atoms with Crippen LogP contribution in [0.25, 0.3) is 22.4 Å². The van der Waals surface area contributed by atoms with Gasteiger partial charge in [-0.1, -0.05) is 0 Å². The highest BCUT2D eigenvalue weighted by Gasteiger charge is 2.13. The molecule has 0 aliphatic carbocycles. The van der Waals surface area contributed by atoms with Gasteiger partial charge >= 0.3 is 0 Å². The van der Waals surface area contributed by atoms with Gasteiger partial charge in [-0.15, -0.1) is 0 Å². The summed E-state index contributed by atoms with van der Waals surface area (Å²) in [5.74, 6) is 0.210. The van der Waals surface area contributed by atoms with Crippen LogP contribution in [-0.4, -0.2) is 32.3 Å². The molecular formula is C13H11N3O3. The first-order valence-corrected chi connectivity index (χ1v) is 5.59. The maximum atomic E-state index is 9.66. The van der Waals surface area contributed by atoms with Crippen molar-refractivity contribution in [2.24, 2.45) is 0 Å². The highest BCUT2D eigenvalue weighted by atomic mass is 16.5. The monoisotopic (exact) mass is 257 g/mol. The number of aromatic amines is 1. The fraction of sp³-hybridized carbons (Fsp3) is 0.0769. The van der Waals surface area contributed by atoms with Crippen LogP contribution in [0.5, 0.6) is 17.2 Å². The first-order chi connectivity index (χ1) is 9.19. The van der Waals surface area contributed by atoms with Crippen molar-refractivity contribution in [1.82, 2.24) is 15.0 Å². The second kappa shape index (κ2) is 4.16. The van der Waals surface area contributed by atoms with Gasteiger partial charge in [-0.2, -0.15) is 0 Å². The molecule has 0 saturated carbocycles. The summed E-state index contributed by atoms with van der Waals surface area (Å²) in [5, 5.41) is 19.3. The number of nitrogens with zero attached hydrogens (tertiary/aromatic N) is 2. The van der Waals surface area contributed by atoms with E-state index in [-0.39, 0.29) is 17.2 Å². The van der Waals surface area contributed by atoms with Crippen molar-refractivity contribution in [3.63, 3.8) is 0 Å². The Morgan fingerprint density at radius 3 is 2.84 bits per heavy atom. The number of H-pyrrole nitrogens is 1. The Morgan fingerprint density at radius 2 is 2.11 bits per heavy atom. The number of hydrogen-bond donors (Lipinski definition) is 3. The van der Waals surface area contributed by atoms with Crippen LogP contribution in [0.15, 0.2) is 30.6 Å². The predicted octanol–water partition coefficient (Wildman–Crippen LogP) is 2.04. The second-order valence-corrected chi connectivity index (χ2v) is 4.02.